The minimum atomic E-state index is -0.513. The van der Waals surface area contributed by atoms with Crippen LogP contribution in [-0.2, 0) is 17.6 Å². The largest absolute Gasteiger partial charge is 0.495 e. The summed E-state index contributed by atoms with van der Waals surface area (Å²) in [4.78, 5) is 13.3. The molecule has 0 fully saturated rings. The van der Waals surface area contributed by atoms with Gasteiger partial charge in [-0.25, -0.2) is 0 Å². The number of hydrogen-bond acceptors (Lipinski definition) is 3. The fourth-order valence-electron chi connectivity index (χ4n) is 3.90. The van der Waals surface area contributed by atoms with E-state index in [1.54, 1.807) is 7.11 Å². The van der Waals surface area contributed by atoms with Crippen molar-refractivity contribution in [3.63, 3.8) is 0 Å². The quantitative estimate of drug-likeness (QED) is 0.606. The summed E-state index contributed by atoms with van der Waals surface area (Å²) in [5, 5.41) is 6.49. The van der Waals surface area contributed by atoms with Gasteiger partial charge in [0.25, 0.3) is 5.91 Å². The lowest BCUT2D eigenvalue weighted by molar-refractivity contribution is -0.117. The molecule has 0 heterocycles. The van der Waals surface area contributed by atoms with Gasteiger partial charge in [0.2, 0.25) is 0 Å². The number of rotatable bonds is 6. The van der Waals surface area contributed by atoms with Gasteiger partial charge in [-0.2, -0.15) is 0 Å². The van der Waals surface area contributed by atoms with Gasteiger partial charge in [-0.1, -0.05) is 42.5 Å². The lowest BCUT2D eigenvalue weighted by Crippen LogP contribution is -2.27. The van der Waals surface area contributed by atoms with Crippen molar-refractivity contribution < 1.29 is 9.53 Å². The Morgan fingerprint density at radius 3 is 2.55 bits per heavy atom. The third-order valence-corrected chi connectivity index (χ3v) is 5.42. The molecule has 2 N–H and O–H groups in total. The smallest absolute Gasteiger partial charge is 0.251 e. The molecule has 0 aromatic heterocycles. The van der Waals surface area contributed by atoms with Crippen LogP contribution in [0.25, 0.3) is 0 Å². The van der Waals surface area contributed by atoms with Crippen LogP contribution in [0.2, 0.25) is 0 Å². The summed E-state index contributed by atoms with van der Waals surface area (Å²) in [6.45, 7) is 1.99. The normalized spacial score (nSPS) is 13.4. The molecule has 3 aromatic rings. The summed E-state index contributed by atoms with van der Waals surface area (Å²) in [6, 6.07) is 21.5. The topological polar surface area (TPSA) is 50.4 Å². The number of amides is 1. The standard InChI is InChI=1S/C25H26N2O2/c1-17-11-14-23(29-2)22(15-17)27-25(28)24(19-7-4-3-5-8-19)26-21-13-12-18-9-6-10-20(18)16-21/h3-5,7-8,11-16,24,26H,6,9-10H2,1-2H3,(H,27,28)/t24-/m1/s1. The molecule has 3 aromatic carbocycles. The second-order valence-electron chi connectivity index (χ2n) is 7.52. The predicted molar refractivity (Wildman–Crippen MR) is 118 cm³/mol. The maximum absolute atomic E-state index is 13.3. The summed E-state index contributed by atoms with van der Waals surface area (Å²) < 4.78 is 5.42. The Morgan fingerprint density at radius 1 is 0.966 bits per heavy atom. The molecule has 0 saturated heterocycles. The van der Waals surface area contributed by atoms with Gasteiger partial charge in [-0.15, -0.1) is 0 Å². The Balaban J connectivity index is 1.62. The minimum Gasteiger partial charge on any atom is -0.495 e. The van der Waals surface area contributed by atoms with Gasteiger partial charge in [-0.05, 0) is 72.7 Å². The molecule has 1 aliphatic rings. The van der Waals surface area contributed by atoms with Crippen LogP contribution in [0.3, 0.4) is 0 Å². The van der Waals surface area contributed by atoms with E-state index in [-0.39, 0.29) is 5.91 Å². The van der Waals surface area contributed by atoms with Gasteiger partial charge in [0.1, 0.15) is 11.8 Å². The lowest BCUT2D eigenvalue weighted by Gasteiger charge is -2.21. The molecule has 0 saturated carbocycles. The zero-order valence-corrected chi connectivity index (χ0v) is 16.9. The van der Waals surface area contributed by atoms with Crippen LogP contribution in [-0.4, -0.2) is 13.0 Å². The van der Waals surface area contributed by atoms with Crippen molar-refractivity contribution in [1.29, 1.82) is 0 Å². The maximum Gasteiger partial charge on any atom is 0.251 e. The Bertz CT molecular complexity index is 1010. The maximum atomic E-state index is 13.3. The van der Waals surface area contributed by atoms with Crippen LogP contribution in [0, 0.1) is 6.92 Å². The number of anilines is 2. The molecule has 0 radical (unpaired) electrons. The lowest BCUT2D eigenvalue weighted by atomic mass is 10.0. The minimum absolute atomic E-state index is 0.124. The van der Waals surface area contributed by atoms with Crippen LogP contribution in [0.4, 0.5) is 11.4 Å². The molecule has 4 nitrogen and oxygen atoms in total. The van der Waals surface area contributed by atoms with Gasteiger partial charge in [0.05, 0.1) is 12.8 Å². The first-order valence-corrected chi connectivity index (χ1v) is 10.0. The van der Waals surface area contributed by atoms with Gasteiger partial charge >= 0.3 is 0 Å². The number of hydrogen-bond donors (Lipinski definition) is 2. The first kappa shape index (κ1) is 19.1. The van der Waals surface area contributed by atoms with Crippen LogP contribution < -0.4 is 15.4 Å². The third kappa shape index (κ3) is 4.27. The molecular formula is C25H26N2O2. The molecule has 29 heavy (non-hydrogen) atoms. The average molecular weight is 386 g/mol. The van der Waals surface area contributed by atoms with Crippen LogP contribution in [0.15, 0.2) is 66.7 Å². The van der Waals surface area contributed by atoms with Crippen molar-refractivity contribution in [2.24, 2.45) is 0 Å². The summed E-state index contributed by atoms with van der Waals surface area (Å²) in [5.41, 5.74) is 6.41. The number of carbonyl (C=O) groups excluding carboxylic acids is 1. The molecule has 148 valence electrons. The van der Waals surface area contributed by atoms with Gasteiger partial charge in [0.15, 0.2) is 0 Å². The van der Waals surface area contributed by atoms with E-state index < -0.39 is 6.04 Å². The zero-order chi connectivity index (χ0) is 20.2. The number of benzene rings is 3. The number of ether oxygens (including phenoxy) is 1. The van der Waals surface area contributed by atoms with Crippen molar-refractivity contribution >= 4 is 17.3 Å². The second-order valence-corrected chi connectivity index (χ2v) is 7.52. The van der Waals surface area contributed by atoms with E-state index in [9.17, 15) is 4.79 Å². The Hall–Kier alpha value is -3.27. The van der Waals surface area contributed by atoms with E-state index in [1.165, 1.54) is 17.5 Å². The SMILES string of the molecule is COc1ccc(C)cc1NC(=O)[C@H](Nc1ccc2c(c1)CCC2)c1ccccc1. The molecule has 0 aliphatic heterocycles. The Labute approximate surface area is 171 Å². The highest BCUT2D eigenvalue weighted by Crippen LogP contribution is 2.30. The van der Waals surface area contributed by atoms with Gasteiger partial charge in [0, 0.05) is 5.69 Å². The molecule has 4 rings (SSSR count). The highest BCUT2D eigenvalue weighted by atomic mass is 16.5. The molecule has 0 bridgehead atoms. The van der Waals surface area contributed by atoms with E-state index in [1.807, 2.05) is 55.5 Å². The van der Waals surface area contributed by atoms with Crippen molar-refractivity contribution in [3.05, 3.63) is 89.0 Å². The fourth-order valence-corrected chi connectivity index (χ4v) is 3.90. The highest BCUT2D eigenvalue weighted by molar-refractivity contribution is 5.98. The Morgan fingerprint density at radius 2 is 1.76 bits per heavy atom. The summed E-state index contributed by atoms with van der Waals surface area (Å²) in [7, 11) is 1.61. The van der Waals surface area contributed by atoms with Crippen molar-refractivity contribution in [2.45, 2.75) is 32.2 Å². The molecule has 0 unspecified atom stereocenters. The molecular weight excluding hydrogens is 360 g/mol. The molecule has 1 aliphatic carbocycles. The van der Waals surface area contributed by atoms with E-state index >= 15 is 0 Å². The van der Waals surface area contributed by atoms with E-state index in [4.69, 9.17) is 4.74 Å². The number of methoxy groups -OCH3 is 1. The predicted octanol–water partition coefficient (Wildman–Crippen LogP) is 5.28. The molecule has 1 atom stereocenters. The van der Waals surface area contributed by atoms with Crippen molar-refractivity contribution in [2.75, 3.05) is 17.7 Å². The van der Waals surface area contributed by atoms with Gasteiger partial charge < -0.3 is 15.4 Å². The molecule has 4 heteroatoms. The zero-order valence-electron chi connectivity index (χ0n) is 16.9. The van der Waals surface area contributed by atoms with Crippen molar-refractivity contribution in [1.82, 2.24) is 0 Å². The first-order chi connectivity index (χ1) is 14.1. The molecule has 1 amide bonds. The van der Waals surface area contributed by atoms with E-state index in [0.29, 0.717) is 11.4 Å². The fraction of sp³-hybridized carbons (Fsp3) is 0.240. The average Bonchev–Trinajstić information content (AvgIpc) is 3.20. The molecule has 0 spiro atoms. The number of nitrogens with one attached hydrogen (secondary N) is 2. The second kappa shape index (κ2) is 8.39. The number of aryl methyl sites for hydroxylation is 3. The summed E-state index contributed by atoms with van der Waals surface area (Å²) in [5.74, 6) is 0.522. The first-order valence-electron chi connectivity index (χ1n) is 10.0. The van der Waals surface area contributed by atoms with Crippen LogP contribution >= 0.6 is 0 Å². The monoisotopic (exact) mass is 386 g/mol. The van der Waals surface area contributed by atoms with Crippen molar-refractivity contribution in [3.8, 4) is 5.75 Å². The third-order valence-electron chi connectivity index (χ3n) is 5.42. The van der Waals surface area contributed by atoms with Gasteiger partial charge in [-0.3, -0.25) is 4.79 Å². The van der Waals surface area contributed by atoms with Crippen LogP contribution in [0.5, 0.6) is 5.75 Å². The van der Waals surface area contributed by atoms with Crippen LogP contribution in [0.1, 0.15) is 34.7 Å². The van der Waals surface area contributed by atoms with E-state index in [2.05, 4.69) is 28.8 Å². The number of carbonyl (C=O) groups is 1. The highest BCUT2D eigenvalue weighted by Gasteiger charge is 2.22. The van der Waals surface area contributed by atoms with E-state index in [0.717, 1.165) is 29.7 Å². The summed E-state index contributed by atoms with van der Waals surface area (Å²) in [6.07, 6.45) is 3.45. The summed E-state index contributed by atoms with van der Waals surface area (Å²) >= 11 is 0. The number of fused-ring (bicyclic) bond motifs is 1. The Kier molecular flexibility index (Phi) is 5.52.